The van der Waals surface area contributed by atoms with Crippen LogP contribution in [0, 0.1) is 0 Å². The zero-order valence-electron chi connectivity index (χ0n) is 8.48. The first-order valence-corrected chi connectivity index (χ1v) is 8.06. The molecule has 0 heterocycles. The normalized spacial score (nSPS) is 15.5. The van der Waals surface area contributed by atoms with Gasteiger partial charge in [-0.3, -0.25) is 9.05 Å². The molecule has 0 saturated heterocycles. The van der Waals surface area contributed by atoms with Crippen molar-refractivity contribution in [2.75, 3.05) is 6.61 Å². The zero-order chi connectivity index (χ0) is 12.9. The Morgan fingerprint density at radius 3 is 2.24 bits per heavy atom. The van der Waals surface area contributed by atoms with Crippen LogP contribution in [-0.2, 0) is 20.2 Å². The first-order chi connectivity index (χ1) is 7.79. The van der Waals surface area contributed by atoms with Gasteiger partial charge in [0.05, 0.1) is 6.61 Å². The van der Waals surface area contributed by atoms with Crippen molar-refractivity contribution in [2.24, 2.45) is 0 Å². The predicted molar refractivity (Wildman–Crippen MR) is 70.9 cm³/mol. The Morgan fingerprint density at radius 1 is 1.12 bits per heavy atom. The maximum Gasteiger partial charge on any atom is 0.424 e. The molecule has 96 valence electrons. The van der Waals surface area contributed by atoms with E-state index in [0.717, 1.165) is 5.56 Å². The second-order valence-corrected chi connectivity index (χ2v) is 8.21. The van der Waals surface area contributed by atoms with E-state index in [-0.39, 0.29) is 6.61 Å². The average molecular weight is 338 g/mol. The van der Waals surface area contributed by atoms with Crippen molar-refractivity contribution >= 4 is 53.0 Å². The summed E-state index contributed by atoms with van der Waals surface area (Å²) in [7, 11) is 0. The second kappa shape index (κ2) is 6.63. The Bertz CT molecular complexity index is 393. The smallest absolute Gasteiger partial charge is 0.292 e. The number of rotatable bonds is 5. The van der Waals surface area contributed by atoms with Crippen molar-refractivity contribution in [2.45, 2.75) is 10.4 Å². The van der Waals surface area contributed by atoms with E-state index in [1.165, 1.54) is 0 Å². The number of halogens is 4. The van der Waals surface area contributed by atoms with E-state index >= 15 is 0 Å². The molecule has 0 bridgehead atoms. The molecule has 17 heavy (non-hydrogen) atoms. The van der Waals surface area contributed by atoms with Crippen LogP contribution in [-0.4, -0.2) is 10.4 Å². The van der Waals surface area contributed by atoms with Crippen LogP contribution < -0.4 is 0 Å². The molecule has 0 aromatic heterocycles. The van der Waals surface area contributed by atoms with Crippen molar-refractivity contribution in [1.29, 1.82) is 0 Å². The minimum Gasteiger partial charge on any atom is -0.292 e. The third-order valence-corrected chi connectivity index (χ3v) is 3.40. The van der Waals surface area contributed by atoms with Crippen LogP contribution in [0.2, 0.25) is 0 Å². The lowest BCUT2D eigenvalue weighted by Crippen LogP contribution is -2.11. The van der Waals surface area contributed by atoms with Gasteiger partial charge in [-0.2, -0.15) is 0 Å². The van der Waals surface area contributed by atoms with Gasteiger partial charge in [-0.15, -0.1) is 0 Å². The molecule has 1 aromatic rings. The number of hydrogen-bond acceptors (Lipinski definition) is 3. The highest BCUT2D eigenvalue weighted by molar-refractivity contribution is 7.81. The first kappa shape index (κ1) is 15.6. The van der Waals surface area contributed by atoms with Crippen LogP contribution in [0.4, 0.5) is 0 Å². The van der Waals surface area contributed by atoms with Crippen molar-refractivity contribution in [1.82, 2.24) is 0 Å². The summed E-state index contributed by atoms with van der Waals surface area (Å²) in [5.74, 6) is 0. The fourth-order valence-corrected chi connectivity index (χ4v) is 2.32. The van der Waals surface area contributed by atoms with Crippen molar-refractivity contribution in [3.63, 3.8) is 0 Å². The van der Waals surface area contributed by atoms with Gasteiger partial charge in [0, 0.05) is 11.2 Å². The Kier molecular flexibility index (Phi) is 6.07. The van der Waals surface area contributed by atoms with E-state index in [1.54, 1.807) is 12.1 Å². The lowest BCUT2D eigenvalue weighted by molar-refractivity contribution is 0.214. The third kappa shape index (κ3) is 7.53. The highest BCUT2D eigenvalue weighted by Crippen LogP contribution is 2.55. The molecule has 0 spiro atoms. The van der Waals surface area contributed by atoms with Gasteiger partial charge in [0.2, 0.25) is 3.79 Å². The summed E-state index contributed by atoms with van der Waals surface area (Å²) in [5, 5.41) is 0. The predicted octanol–water partition coefficient (Wildman–Crippen LogP) is 4.94. The minimum atomic E-state index is -3.74. The van der Waals surface area contributed by atoms with Gasteiger partial charge in [0.15, 0.2) is 0 Å². The summed E-state index contributed by atoms with van der Waals surface area (Å²) < 4.78 is 19.6. The van der Waals surface area contributed by atoms with E-state index in [0.29, 0.717) is 0 Å². The molecule has 0 saturated carbocycles. The van der Waals surface area contributed by atoms with Gasteiger partial charge in [0.1, 0.15) is 6.61 Å². The van der Waals surface area contributed by atoms with E-state index in [4.69, 9.17) is 55.1 Å². The molecule has 1 rings (SSSR count). The fraction of sp³-hybridized carbons (Fsp3) is 0.333. The summed E-state index contributed by atoms with van der Waals surface area (Å²) in [4.78, 5) is 0. The average Bonchev–Trinajstić information content (AvgIpc) is 2.25. The Balaban J connectivity index is 2.42. The van der Waals surface area contributed by atoms with Crippen LogP contribution in [0.1, 0.15) is 5.56 Å². The molecule has 0 aliphatic rings. The molecular weight excluding hydrogens is 329 g/mol. The standard InChI is InChI=1S/C9H9Cl4O3P/c10-9(11,12)7-16-17(13,14)15-6-8-4-2-1-3-5-8/h1-5H,6-7H2. The summed E-state index contributed by atoms with van der Waals surface area (Å²) in [6.07, 6.45) is 0. The second-order valence-electron chi connectivity index (χ2n) is 3.08. The molecule has 1 atom stereocenters. The van der Waals surface area contributed by atoms with E-state index in [2.05, 4.69) is 0 Å². The maximum absolute atomic E-state index is 11.6. The molecule has 0 aliphatic heterocycles. The van der Waals surface area contributed by atoms with Crippen molar-refractivity contribution in [3.05, 3.63) is 35.9 Å². The van der Waals surface area contributed by atoms with Crippen molar-refractivity contribution in [3.8, 4) is 0 Å². The van der Waals surface area contributed by atoms with Gasteiger partial charge >= 0.3 is 6.95 Å². The zero-order valence-corrected chi connectivity index (χ0v) is 12.4. The highest BCUT2D eigenvalue weighted by atomic mass is 35.7. The Morgan fingerprint density at radius 2 is 1.71 bits per heavy atom. The van der Waals surface area contributed by atoms with Crippen molar-refractivity contribution < 1.29 is 13.6 Å². The van der Waals surface area contributed by atoms with Gasteiger partial charge in [-0.25, -0.2) is 4.57 Å². The molecule has 0 N–H and O–H groups in total. The highest BCUT2D eigenvalue weighted by Gasteiger charge is 2.28. The van der Waals surface area contributed by atoms with Crippen LogP contribution in [0.5, 0.6) is 0 Å². The van der Waals surface area contributed by atoms with Crippen LogP contribution >= 0.6 is 53.0 Å². The van der Waals surface area contributed by atoms with Crippen LogP contribution in [0.3, 0.4) is 0 Å². The molecule has 0 amide bonds. The molecular formula is C9H9Cl4O3P. The molecule has 0 aliphatic carbocycles. The van der Waals surface area contributed by atoms with E-state index in [9.17, 15) is 4.57 Å². The molecule has 3 nitrogen and oxygen atoms in total. The largest absolute Gasteiger partial charge is 0.424 e. The van der Waals surface area contributed by atoms with Gasteiger partial charge < -0.3 is 0 Å². The van der Waals surface area contributed by atoms with Gasteiger partial charge in [-0.1, -0.05) is 65.1 Å². The quantitative estimate of drug-likeness (QED) is 0.564. The SMILES string of the molecule is O=P(Cl)(OCc1ccccc1)OCC(Cl)(Cl)Cl. The number of benzene rings is 1. The number of alkyl halides is 3. The first-order valence-electron chi connectivity index (χ1n) is 4.48. The fourth-order valence-electron chi connectivity index (χ4n) is 0.913. The van der Waals surface area contributed by atoms with Crippen LogP contribution in [0.25, 0.3) is 0 Å². The molecule has 0 radical (unpaired) electrons. The summed E-state index contributed by atoms with van der Waals surface area (Å²) in [6, 6.07) is 9.08. The lowest BCUT2D eigenvalue weighted by Gasteiger charge is -2.15. The summed E-state index contributed by atoms with van der Waals surface area (Å²) >= 11 is 21.8. The lowest BCUT2D eigenvalue weighted by atomic mass is 10.2. The number of hydrogen-bond donors (Lipinski definition) is 0. The van der Waals surface area contributed by atoms with E-state index in [1.807, 2.05) is 18.2 Å². The Hall–Kier alpha value is 0.530. The summed E-state index contributed by atoms with van der Waals surface area (Å²) in [6.45, 7) is -4.09. The van der Waals surface area contributed by atoms with Gasteiger partial charge in [-0.05, 0) is 5.56 Å². The Labute approximate surface area is 119 Å². The molecule has 0 fully saturated rings. The monoisotopic (exact) mass is 336 g/mol. The molecule has 8 heteroatoms. The van der Waals surface area contributed by atoms with Crippen LogP contribution in [0.15, 0.2) is 30.3 Å². The van der Waals surface area contributed by atoms with Gasteiger partial charge in [0.25, 0.3) is 0 Å². The summed E-state index contributed by atoms with van der Waals surface area (Å²) in [5.41, 5.74) is 0.811. The maximum atomic E-state index is 11.6. The van der Waals surface area contributed by atoms with E-state index < -0.39 is 17.3 Å². The molecule has 1 unspecified atom stereocenters. The minimum absolute atomic E-state index is 0.0570. The topological polar surface area (TPSA) is 35.5 Å². The molecule has 1 aromatic carbocycles. The third-order valence-electron chi connectivity index (χ3n) is 1.61.